The van der Waals surface area contributed by atoms with Crippen LogP contribution in [0.3, 0.4) is 0 Å². The van der Waals surface area contributed by atoms with E-state index in [4.69, 9.17) is 5.26 Å². The fourth-order valence-corrected chi connectivity index (χ4v) is 2.50. The molecule has 1 amide bonds. The van der Waals surface area contributed by atoms with Gasteiger partial charge in [0, 0.05) is 22.8 Å². The fourth-order valence-electron chi connectivity index (χ4n) is 1.63. The van der Waals surface area contributed by atoms with E-state index in [1.54, 1.807) is 36.0 Å². The number of anilines is 1. The number of benzene rings is 2. The van der Waals surface area contributed by atoms with Crippen molar-refractivity contribution in [3.05, 3.63) is 60.2 Å². The van der Waals surface area contributed by atoms with Crippen LogP contribution in [0, 0.1) is 11.3 Å². The van der Waals surface area contributed by atoms with E-state index in [0.29, 0.717) is 12.0 Å². The molecule has 20 heavy (non-hydrogen) atoms. The third kappa shape index (κ3) is 4.45. The maximum absolute atomic E-state index is 11.8. The number of nitrogens with zero attached hydrogens (tertiary/aromatic N) is 1. The van der Waals surface area contributed by atoms with Gasteiger partial charge in [-0.1, -0.05) is 18.2 Å². The average molecular weight is 282 g/mol. The number of thioether (sulfide) groups is 1. The number of amides is 1. The molecule has 0 fully saturated rings. The van der Waals surface area contributed by atoms with E-state index >= 15 is 0 Å². The topological polar surface area (TPSA) is 52.9 Å². The summed E-state index contributed by atoms with van der Waals surface area (Å²) < 4.78 is 0. The zero-order valence-electron chi connectivity index (χ0n) is 10.9. The molecule has 0 atom stereocenters. The first-order valence-electron chi connectivity index (χ1n) is 6.26. The van der Waals surface area contributed by atoms with E-state index in [0.717, 1.165) is 11.4 Å². The van der Waals surface area contributed by atoms with Gasteiger partial charge in [-0.25, -0.2) is 0 Å². The maximum atomic E-state index is 11.8. The van der Waals surface area contributed by atoms with Gasteiger partial charge in [0.25, 0.3) is 0 Å². The second kappa shape index (κ2) is 7.37. The zero-order chi connectivity index (χ0) is 14.2. The molecule has 3 nitrogen and oxygen atoms in total. The number of nitriles is 1. The van der Waals surface area contributed by atoms with Crippen molar-refractivity contribution in [2.75, 3.05) is 11.1 Å². The Kier molecular flexibility index (Phi) is 5.22. The minimum absolute atomic E-state index is 0.0156. The Morgan fingerprint density at radius 2 is 1.80 bits per heavy atom. The van der Waals surface area contributed by atoms with E-state index in [1.807, 2.05) is 36.4 Å². The van der Waals surface area contributed by atoms with Crippen LogP contribution in [0.4, 0.5) is 5.69 Å². The van der Waals surface area contributed by atoms with Gasteiger partial charge in [-0.2, -0.15) is 5.26 Å². The smallest absolute Gasteiger partial charge is 0.225 e. The summed E-state index contributed by atoms with van der Waals surface area (Å²) in [7, 11) is 0. The quantitative estimate of drug-likeness (QED) is 0.851. The molecule has 2 aromatic carbocycles. The monoisotopic (exact) mass is 282 g/mol. The molecular weight excluding hydrogens is 268 g/mol. The van der Waals surface area contributed by atoms with Crippen LogP contribution in [0.2, 0.25) is 0 Å². The van der Waals surface area contributed by atoms with Crippen LogP contribution in [0.5, 0.6) is 0 Å². The van der Waals surface area contributed by atoms with E-state index in [9.17, 15) is 4.79 Å². The van der Waals surface area contributed by atoms with Gasteiger partial charge >= 0.3 is 0 Å². The van der Waals surface area contributed by atoms with Crippen LogP contribution in [-0.2, 0) is 4.79 Å². The summed E-state index contributed by atoms with van der Waals surface area (Å²) in [6, 6.07) is 18.9. The van der Waals surface area contributed by atoms with Gasteiger partial charge in [-0.05, 0) is 36.4 Å². The van der Waals surface area contributed by atoms with Gasteiger partial charge in [-0.15, -0.1) is 11.8 Å². The van der Waals surface area contributed by atoms with Gasteiger partial charge in [0.2, 0.25) is 5.91 Å². The van der Waals surface area contributed by atoms with Crippen molar-refractivity contribution in [3.63, 3.8) is 0 Å². The third-order valence-electron chi connectivity index (χ3n) is 2.64. The SMILES string of the molecule is N#Cc1ccc(NC(=O)CCSc2ccccc2)cc1. The Morgan fingerprint density at radius 3 is 2.45 bits per heavy atom. The lowest BCUT2D eigenvalue weighted by Gasteiger charge is -2.05. The lowest BCUT2D eigenvalue weighted by Crippen LogP contribution is -2.12. The van der Waals surface area contributed by atoms with Gasteiger partial charge in [0.05, 0.1) is 11.6 Å². The number of carbonyl (C=O) groups excluding carboxylic acids is 1. The maximum Gasteiger partial charge on any atom is 0.225 e. The van der Waals surface area contributed by atoms with Gasteiger partial charge in [0.15, 0.2) is 0 Å². The van der Waals surface area contributed by atoms with E-state index < -0.39 is 0 Å². The Balaban J connectivity index is 1.76. The second-order valence-corrected chi connectivity index (χ2v) is 5.32. The Morgan fingerprint density at radius 1 is 1.10 bits per heavy atom. The van der Waals surface area contributed by atoms with E-state index in [2.05, 4.69) is 5.32 Å². The Bertz CT molecular complexity index is 603. The van der Waals surface area contributed by atoms with Crippen molar-refractivity contribution in [1.82, 2.24) is 0 Å². The molecule has 0 aliphatic carbocycles. The fraction of sp³-hybridized carbons (Fsp3) is 0.125. The second-order valence-electron chi connectivity index (χ2n) is 4.15. The van der Waals surface area contributed by atoms with E-state index in [-0.39, 0.29) is 5.91 Å². The molecule has 0 bridgehead atoms. The first-order chi connectivity index (χ1) is 9.78. The number of rotatable bonds is 5. The largest absolute Gasteiger partial charge is 0.326 e. The van der Waals surface area contributed by atoms with Crippen molar-refractivity contribution < 1.29 is 4.79 Å². The molecular formula is C16H14N2OS. The summed E-state index contributed by atoms with van der Waals surface area (Å²) >= 11 is 1.66. The minimum Gasteiger partial charge on any atom is -0.326 e. The van der Waals surface area contributed by atoms with Crippen LogP contribution < -0.4 is 5.32 Å². The predicted octanol–water partition coefficient (Wildman–Crippen LogP) is 3.68. The van der Waals surface area contributed by atoms with Crippen molar-refractivity contribution in [1.29, 1.82) is 5.26 Å². The molecule has 2 aromatic rings. The normalized spacial score (nSPS) is 9.75. The molecule has 0 spiro atoms. The van der Waals surface area contributed by atoms with Crippen LogP contribution in [0.1, 0.15) is 12.0 Å². The molecule has 0 saturated heterocycles. The highest BCUT2D eigenvalue weighted by atomic mass is 32.2. The minimum atomic E-state index is -0.0156. The lowest BCUT2D eigenvalue weighted by atomic mass is 10.2. The Labute approximate surface area is 122 Å². The molecule has 0 aromatic heterocycles. The molecule has 0 radical (unpaired) electrons. The van der Waals surface area contributed by atoms with Crippen LogP contribution >= 0.6 is 11.8 Å². The van der Waals surface area contributed by atoms with Gasteiger partial charge in [0.1, 0.15) is 0 Å². The van der Waals surface area contributed by atoms with Crippen molar-refractivity contribution in [2.45, 2.75) is 11.3 Å². The van der Waals surface area contributed by atoms with E-state index in [1.165, 1.54) is 4.90 Å². The molecule has 0 unspecified atom stereocenters. The van der Waals surface area contributed by atoms with Crippen LogP contribution in [0.15, 0.2) is 59.5 Å². The Hall–Kier alpha value is -2.25. The molecule has 0 saturated carbocycles. The first-order valence-corrected chi connectivity index (χ1v) is 7.24. The van der Waals surface area contributed by atoms with Crippen molar-refractivity contribution >= 4 is 23.4 Å². The molecule has 4 heteroatoms. The third-order valence-corrected chi connectivity index (χ3v) is 3.65. The summed E-state index contributed by atoms with van der Waals surface area (Å²) in [5, 5.41) is 11.5. The summed E-state index contributed by atoms with van der Waals surface area (Å²) in [6.07, 6.45) is 0.458. The highest BCUT2D eigenvalue weighted by Crippen LogP contribution is 2.18. The predicted molar refractivity (Wildman–Crippen MR) is 81.6 cm³/mol. The number of hydrogen-bond acceptors (Lipinski definition) is 3. The molecule has 2 rings (SSSR count). The summed E-state index contributed by atoms with van der Waals surface area (Å²) in [5.41, 5.74) is 1.31. The average Bonchev–Trinajstić information content (AvgIpc) is 2.49. The van der Waals surface area contributed by atoms with Gasteiger partial charge in [-0.3, -0.25) is 4.79 Å². The summed E-state index contributed by atoms with van der Waals surface area (Å²) in [6.45, 7) is 0. The number of carbonyl (C=O) groups is 1. The molecule has 1 N–H and O–H groups in total. The standard InChI is InChI=1S/C16H14N2OS/c17-12-13-6-8-14(9-7-13)18-16(19)10-11-20-15-4-2-1-3-5-15/h1-9H,10-11H2,(H,18,19). The van der Waals surface area contributed by atoms with Crippen LogP contribution in [-0.4, -0.2) is 11.7 Å². The summed E-state index contributed by atoms with van der Waals surface area (Å²) in [4.78, 5) is 12.9. The zero-order valence-corrected chi connectivity index (χ0v) is 11.7. The highest BCUT2D eigenvalue weighted by Gasteiger charge is 2.03. The number of nitrogens with one attached hydrogen (secondary N) is 1. The molecule has 100 valence electrons. The highest BCUT2D eigenvalue weighted by molar-refractivity contribution is 7.99. The van der Waals surface area contributed by atoms with Gasteiger partial charge < -0.3 is 5.32 Å². The molecule has 0 heterocycles. The summed E-state index contributed by atoms with van der Waals surface area (Å²) in [5.74, 6) is 0.727. The van der Waals surface area contributed by atoms with Crippen LogP contribution in [0.25, 0.3) is 0 Å². The van der Waals surface area contributed by atoms with Crippen molar-refractivity contribution in [2.24, 2.45) is 0 Å². The number of hydrogen-bond donors (Lipinski definition) is 1. The molecule has 0 aliphatic heterocycles. The first kappa shape index (κ1) is 14.2. The molecule has 0 aliphatic rings. The lowest BCUT2D eigenvalue weighted by molar-refractivity contribution is -0.115. The van der Waals surface area contributed by atoms with Crippen molar-refractivity contribution in [3.8, 4) is 6.07 Å².